The topological polar surface area (TPSA) is 73.6 Å². The van der Waals surface area contributed by atoms with E-state index >= 15 is 0 Å². The molecule has 0 aromatic heterocycles. The zero-order valence-electron chi connectivity index (χ0n) is 11.1. The highest BCUT2D eigenvalue weighted by Crippen LogP contribution is 2.14. The maximum absolute atomic E-state index is 11.6. The van der Waals surface area contributed by atoms with Gasteiger partial charge in [0.2, 0.25) is 0 Å². The van der Waals surface area contributed by atoms with Crippen molar-refractivity contribution in [2.45, 2.75) is 6.61 Å². The number of nitrogens with two attached hydrogens (primary N) is 1. The first kappa shape index (κ1) is 13.7. The molecule has 2 rings (SSSR count). The normalized spacial score (nSPS) is 9.85. The van der Waals surface area contributed by atoms with E-state index in [4.69, 9.17) is 15.2 Å². The van der Waals surface area contributed by atoms with E-state index in [1.807, 2.05) is 24.3 Å². The fraction of sp³-hybridized carbons (Fsp3) is 0.133. The lowest BCUT2D eigenvalue weighted by Crippen LogP contribution is -2.13. The van der Waals surface area contributed by atoms with Gasteiger partial charge in [0.05, 0.1) is 7.11 Å². The summed E-state index contributed by atoms with van der Waals surface area (Å²) in [6.07, 6.45) is -0.516. The van der Waals surface area contributed by atoms with Gasteiger partial charge in [0.1, 0.15) is 12.4 Å². The molecule has 5 nitrogen and oxygen atoms in total. The molecule has 2 aromatic carbocycles. The van der Waals surface area contributed by atoms with Gasteiger partial charge < -0.3 is 15.2 Å². The molecule has 0 saturated heterocycles. The number of ether oxygens (including phenoxy) is 2. The predicted octanol–water partition coefficient (Wildman–Crippen LogP) is 3.03. The highest BCUT2D eigenvalue weighted by atomic mass is 16.5. The van der Waals surface area contributed by atoms with Gasteiger partial charge >= 0.3 is 6.09 Å². The Hall–Kier alpha value is -2.69. The number of nitrogens with one attached hydrogen (secondary N) is 1. The smallest absolute Gasteiger partial charge is 0.411 e. The van der Waals surface area contributed by atoms with E-state index in [2.05, 4.69) is 5.32 Å². The Bertz CT molecular complexity index is 582. The molecule has 5 heteroatoms. The van der Waals surface area contributed by atoms with E-state index in [0.717, 1.165) is 11.3 Å². The quantitative estimate of drug-likeness (QED) is 0.839. The Balaban J connectivity index is 1.87. The number of benzene rings is 2. The minimum Gasteiger partial charge on any atom is -0.497 e. The van der Waals surface area contributed by atoms with Gasteiger partial charge in [-0.3, -0.25) is 5.32 Å². The van der Waals surface area contributed by atoms with Crippen LogP contribution < -0.4 is 15.8 Å². The van der Waals surface area contributed by atoms with Crippen molar-refractivity contribution in [1.29, 1.82) is 0 Å². The lowest BCUT2D eigenvalue weighted by atomic mass is 10.2. The molecular formula is C15H16N2O3. The lowest BCUT2D eigenvalue weighted by Gasteiger charge is -2.08. The average molecular weight is 272 g/mol. The zero-order valence-corrected chi connectivity index (χ0v) is 11.1. The van der Waals surface area contributed by atoms with Crippen LogP contribution in [0.15, 0.2) is 48.5 Å². The summed E-state index contributed by atoms with van der Waals surface area (Å²) >= 11 is 0. The Labute approximate surface area is 117 Å². The molecule has 1 amide bonds. The van der Waals surface area contributed by atoms with Crippen LogP contribution in [0.25, 0.3) is 0 Å². The van der Waals surface area contributed by atoms with E-state index in [-0.39, 0.29) is 6.61 Å². The number of hydrogen-bond acceptors (Lipinski definition) is 4. The number of amides is 1. The summed E-state index contributed by atoms with van der Waals surface area (Å²) in [4.78, 5) is 11.6. The van der Waals surface area contributed by atoms with Crippen molar-refractivity contribution < 1.29 is 14.3 Å². The first-order chi connectivity index (χ1) is 9.67. The van der Waals surface area contributed by atoms with Crippen molar-refractivity contribution in [3.05, 3.63) is 54.1 Å². The molecule has 104 valence electrons. The standard InChI is InChI=1S/C15H16N2O3/c1-19-14-4-2-3-11(9-14)10-20-15(18)17-13-7-5-12(16)6-8-13/h2-9H,10,16H2,1H3,(H,17,18). The van der Waals surface area contributed by atoms with Crippen LogP contribution in [0.5, 0.6) is 5.75 Å². The number of methoxy groups -OCH3 is 1. The van der Waals surface area contributed by atoms with Crippen LogP contribution in [0.1, 0.15) is 5.56 Å². The summed E-state index contributed by atoms with van der Waals surface area (Å²) in [6.45, 7) is 0.179. The van der Waals surface area contributed by atoms with E-state index in [1.165, 1.54) is 0 Å². The summed E-state index contributed by atoms with van der Waals surface area (Å²) < 4.78 is 10.2. The van der Waals surface area contributed by atoms with Crippen molar-refractivity contribution in [1.82, 2.24) is 0 Å². The Morgan fingerprint density at radius 2 is 1.95 bits per heavy atom. The van der Waals surface area contributed by atoms with E-state index in [0.29, 0.717) is 11.4 Å². The van der Waals surface area contributed by atoms with Crippen molar-refractivity contribution in [3.8, 4) is 5.75 Å². The molecular weight excluding hydrogens is 256 g/mol. The molecule has 0 unspecified atom stereocenters. The number of carbonyl (C=O) groups excluding carboxylic acids is 1. The van der Waals surface area contributed by atoms with Gasteiger partial charge in [0.25, 0.3) is 0 Å². The van der Waals surface area contributed by atoms with Crippen LogP contribution in [-0.4, -0.2) is 13.2 Å². The van der Waals surface area contributed by atoms with Gasteiger partial charge in [-0.15, -0.1) is 0 Å². The summed E-state index contributed by atoms with van der Waals surface area (Å²) in [5.41, 5.74) is 7.70. The van der Waals surface area contributed by atoms with Crippen molar-refractivity contribution in [2.24, 2.45) is 0 Å². The Morgan fingerprint density at radius 1 is 1.20 bits per heavy atom. The highest BCUT2D eigenvalue weighted by Gasteiger charge is 2.04. The van der Waals surface area contributed by atoms with Gasteiger partial charge in [-0.2, -0.15) is 0 Å². The summed E-state index contributed by atoms with van der Waals surface area (Å²) in [6, 6.07) is 14.2. The molecule has 0 spiro atoms. The summed E-state index contributed by atoms with van der Waals surface area (Å²) in [5.74, 6) is 0.727. The van der Waals surface area contributed by atoms with E-state index in [1.54, 1.807) is 31.4 Å². The third-order valence-electron chi connectivity index (χ3n) is 2.66. The molecule has 0 aliphatic carbocycles. The van der Waals surface area contributed by atoms with Crippen LogP contribution >= 0.6 is 0 Å². The molecule has 20 heavy (non-hydrogen) atoms. The maximum atomic E-state index is 11.6. The number of rotatable bonds is 4. The second-order valence-corrected chi connectivity index (χ2v) is 4.17. The number of nitrogen functional groups attached to an aromatic ring is 1. The van der Waals surface area contributed by atoms with Gasteiger partial charge in [-0.25, -0.2) is 4.79 Å². The van der Waals surface area contributed by atoms with Crippen LogP contribution in [0, 0.1) is 0 Å². The van der Waals surface area contributed by atoms with Crippen LogP contribution in [-0.2, 0) is 11.3 Å². The molecule has 0 atom stereocenters. The van der Waals surface area contributed by atoms with Crippen molar-refractivity contribution >= 4 is 17.5 Å². The molecule has 0 saturated carbocycles. The molecule has 0 bridgehead atoms. The lowest BCUT2D eigenvalue weighted by molar-refractivity contribution is 0.155. The molecule has 0 fully saturated rings. The predicted molar refractivity (Wildman–Crippen MR) is 77.7 cm³/mol. The first-order valence-electron chi connectivity index (χ1n) is 6.09. The third-order valence-corrected chi connectivity index (χ3v) is 2.66. The maximum Gasteiger partial charge on any atom is 0.411 e. The number of anilines is 2. The van der Waals surface area contributed by atoms with Crippen molar-refractivity contribution in [3.63, 3.8) is 0 Å². The molecule has 2 aromatic rings. The molecule has 0 heterocycles. The Morgan fingerprint density at radius 3 is 2.65 bits per heavy atom. The van der Waals surface area contributed by atoms with E-state index < -0.39 is 6.09 Å². The van der Waals surface area contributed by atoms with Crippen LogP contribution in [0.3, 0.4) is 0 Å². The van der Waals surface area contributed by atoms with Crippen molar-refractivity contribution in [2.75, 3.05) is 18.2 Å². The minimum absolute atomic E-state index is 0.179. The van der Waals surface area contributed by atoms with Gasteiger partial charge in [-0.1, -0.05) is 12.1 Å². The fourth-order valence-corrected chi connectivity index (χ4v) is 1.63. The monoisotopic (exact) mass is 272 g/mol. The first-order valence-corrected chi connectivity index (χ1v) is 6.09. The number of hydrogen-bond donors (Lipinski definition) is 2. The highest BCUT2D eigenvalue weighted by molar-refractivity contribution is 5.84. The zero-order chi connectivity index (χ0) is 14.4. The van der Waals surface area contributed by atoms with E-state index in [9.17, 15) is 4.79 Å². The third kappa shape index (κ3) is 3.91. The SMILES string of the molecule is COc1cccc(COC(=O)Nc2ccc(N)cc2)c1. The number of carbonyl (C=O) groups is 1. The molecule has 0 radical (unpaired) electrons. The minimum atomic E-state index is -0.516. The summed E-state index contributed by atoms with van der Waals surface area (Å²) in [7, 11) is 1.59. The van der Waals surface area contributed by atoms with Gasteiger partial charge in [0.15, 0.2) is 0 Å². The Kier molecular flexibility index (Phi) is 4.44. The largest absolute Gasteiger partial charge is 0.497 e. The summed E-state index contributed by atoms with van der Waals surface area (Å²) in [5, 5.41) is 2.62. The fourth-order valence-electron chi connectivity index (χ4n) is 1.63. The average Bonchev–Trinajstić information content (AvgIpc) is 2.48. The molecule has 0 aliphatic rings. The van der Waals surface area contributed by atoms with Crippen LogP contribution in [0.2, 0.25) is 0 Å². The van der Waals surface area contributed by atoms with Gasteiger partial charge in [-0.05, 0) is 42.0 Å². The second kappa shape index (κ2) is 6.47. The molecule has 0 aliphatic heterocycles. The molecule has 3 N–H and O–H groups in total. The van der Waals surface area contributed by atoms with Gasteiger partial charge in [0, 0.05) is 11.4 Å². The van der Waals surface area contributed by atoms with Crippen LogP contribution in [0.4, 0.5) is 16.2 Å². The second-order valence-electron chi connectivity index (χ2n) is 4.17.